The average Bonchev–Trinajstić information content (AvgIpc) is 3.39. The van der Waals surface area contributed by atoms with Crippen LogP contribution in [0.2, 0.25) is 5.02 Å². The van der Waals surface area contributed by atoms with Crippen molar-refractivity contribution in [2.45, 2.75) is 18.3 Å². The van der Waals surface area contributed by atoms with Crippen LogP contribution in [0.25, 0.3) is 0 Å². The zero-order valence-electron chi connectivity index (χ0n) is 18.9. The van der Waals surface area contributed by atoms with Crippen LogP contribution >= 0.6 is 23.4 Å². The number of carbonyl (C=O) groups excluding carboxylic acids is 2. The number of anilines is 2. The van der Waals surface area contributed by atoms with Gasteiger partial charge in [-0.05, 0) is 48.9 Å². The zero-order chi connectivity index (χ0) is 23.9. The van der Waals surface area contributed by atoms with E-state index in [9.17, 15) is 9.59 Å². The van der Waals surface area contributed by atoms with Crippen molar-refractivity contribution < 1.29 is 14.3 Å². The fraction of sp³-hybridized carbons (Fsp3) is 0.231. The third kappa shape index (κ3) is 3.69. The molecule has 8 heteroatoms. The topological polar surface area (TPSA) is 61.9 Å². The molecule has 0 aliphatic carbocycles. The van der Waals surface area contributed by atoms with Crippen molar-refractivity contribution in [3.8, 4) is 5.75 Å². The van der Waals surface area contributed by atoms with Crippen molar-refractivity contribution in [3.63, 3.8) is 0 Å². The number of hydrogen-bond donors (Lipinski definition) is 1. The quantitative estimate of drug-likeness (QED) is 0.511. The molecule has 0 radical (unpaired) electrons. The molecule has 6 nitrogen and oxygen atoms in total. The van der Waals surface area contributed by atoms with Gasteiger partial charge in [0.15, 0.2) is 4.87 Å². The number of amides is 3. The molecular formula is C26H24ClN3O3S. The Morgan fingerprint density at radius 1 is 1.15 bits per heavy atom. The number of urea groups is 1. The summed E-state index contributed by atoms with van der Waals surface area (Å²) >= 11 is 7.89. The number of benzene rings is 3. The Kier molecular flexibility index (Phi) is 5.91. The second kappa shape index (κ2) is 8.89. The van der Waals surface area contributed by atoms with Gasteiger partial charge in [0.05, 0.1) is 19.3 Å². The lowest BCUT2D eigenvalue weighted by Crippen LogP contribution is -2.51. The molecule has 1 N–H and O–H groups in total. The van der Waals surface area contributed by atoms with Gasteiger partial charge >= 0.3 is 6.03 Å². The van der Waals surface area contributed by atoms with Crippen LogP contribution in [0.1, 0.15) is 16.7 Å². The van der Waals surface area contributed by atoms with Crippen LogP contribution in [0.15, 0.2) is 66.7 Å². The standard InChI is InChI=1S/C26H24ClN3O3S/c1-17-7-9-19(10-8-17)28-25(32)30-13-14-34-26(30)21-15-20(33-2)11-12-23(21)29(24(26)31)16-18-5-3-4-6-22(18)27/h3-12,15H,13-14,16H2,1-2H3,(H,28,32). The summed E-state index contributed by atoms with van der Waals surface area (Å²) in [6.07, 6.45) is 0. The van der Waals surface area contributed by atoms with Gasteiger partial charge in [0.25, 0.3) is 5.91 Å². The molecule has 0 aromatic heterocycles. The molecule has 3 aromatic carbocycles. The maximum atomic E-state index is 14.1. The predicted molar refractivity (Wildman–Crippen MR) is 137 cm³/mol. The number of nitrogens with one attached hydrogen (secondary N) is 1. The minimum atomic E-state index is -1.17. The first kappa shape index (κ1) is 22.6. The van der Waals surface area contributed by atoms with E-state index >= 15 is 0 Å². The summed E-state index contributed by atoms with van der Waals surface area (Å²) in [7, 11) is 1.59. The van der Waals surface area contributed by atoms with E-state index < -0.39 is 4.87 Å². The van der Waals surface area contributed by atoms with Crippen molar-refractivity contribution >= 4 is 46.7 Å². The molecule has 5 rings (SSSR count). The van der Waals surface area contributed by atoms with Crippen molar-refractivity contribution in [3.05, 3.63) is 88.4 Å². The average molecular weight is 494 g/mol. The molecule has 1 saturated heterocycles. The Labute approximate surface area is 207 Å². The maximum Gasteiger partial charge on any atom is 0.323 e. The third-order valence-electron chi connectivity index (χ3n) is 6.23. The highest BCUT2D eigenvalue weighted by Crippen LogP contribution is 2.55. The van der Waals surface area contributed by atoms with E-state index in [0.717, 1.165) is 22.4 Å². The molecule has 0 bridgehead atoms. The summed E-state index contributed by atoms with van der Waals surface area (Å²) in [5, 5.41) is 3.56. The molecular weight excluding hydrogens is 470 g/mol. The van der Waals surface area contributed by atoms with Crippen molar-refractivity contribution in [1.82, 2.24) is 4.90 Å². The summed E-state index contributed by atoms with van der Waals surface area (Å²) in [6.45, 7) is 2.76. The molecule has 2 aliphatic heterocycles. The third-order valence-corrected chi connectivity index (χ3v) is 8.02. The highest BCUT2D eigenvalue weighted by atomic mass is 35.5. The van der Waals surface area contributed by atoms with Gasteiger partial charge in [-0.2, -0.15) is 0 Å². The molecule has 0 saturated carbocycles. The predicted octanol–water partition coefficient (Wildman–Crippen LogP) is 5.64. The van der Waals surface area contributed by atoms with Gasteiger partial charge in [-0.3, -0.25) is 9.69 Å². The lowest BCUT2D eigenvalue weighted by atomic mass is 10.1. The van der Waals surface area contributed by atoms with E-state index in [-0.39, 0.29) is 11.9 Å². The first-order valence-electron chi connectivity index (χ1n) is 11.0. The lowest BCUT2D eigenvalue weighted by molar-refractivity contribution is -0.123. The number of thioether (sulfide) groups is 1. The van der Waals surface area contributed by atoms with Crippen LogP contribution in [0, 0.1) is 6.92 Å². The Morgan fingerprint density at radius 2 is 1.91 bits per heavy atom. The molecule has 1 atom stereocenters. The van der Waals surface area contributed by atoms with Gasteiger partial charge in [0.2, 0.25) is 0 Å². The van der Waals surface area contributed by atoms with E-state index in [4.69, 9.17) is 16.3 Å². The normalized spacial score (nSPS) is 19.0. The van der Waals surface area contributed by atoms with E-state index in [1.54, 1.807) is 16.9 Å². The molecule has 1 unspecified atom stereocenters. The van der Waals surface area contributed by atoms with Crippen LogP contribution in [0.4, 0.5) is 16.2 Å². The Bertz CT molecular complexity index is 1270. The Balaban J connectivity index is 1.55. The van der Waals surface area contributed by atoms with Gasteiger partial charge in [0.1, 0.15) is 5.75 Å². The molecule has 1 fully saturated rings. The Morgan fingerprint density at radius 3 is 2.65 bits per heavy atom. The molecule has 3 aromatic rings. The van der Waals surface area contributed by atoms with Crippen LogP contribution in [0.5, 0.6) is 5.75 Å². The molecule has 2 heterocycles. The first-order chi connectivity index (χ1) is 16.4. The maximum absolute atomic E-state index is 14.1. The number of methoxy groups -OCH3 is 1. The van der Waals surface area contributed by atoms with Crippen LogP contribution < -0.4 is 15.0 Å². The van der Waals surface area contributed by atoms with Gasteiger partial charge < -0.3 is 15.0 Å². The summed E-state index contributed by atoms with van der Waals surface area (Å²) in [5.41, 5.74) is 4.15. The number of aryl methyl sites for hydroxylation is 1. The van der Waals surface area contributed by atoms with Crippen LogP contribution in [0.3, 0.4) is 0 Å². The second-order valence-corrected chi connectivity index (χ2v) is 10.0. The summed E-state index contributed by atoms with van der Waals surface area (Å²) in [5.74, 6) is 1.12. The van der Waals surface area contributed by atoms with Crippen molar-refractivity contribution in [1.29, 1.82) is 0 Å². The number of rotatable bonds is 4. The van der Waals surface area contributed by atoms with E-state index in [2.05, 4.69) is 5.32 Å². The fourth-order valence-electron chi connectivity index (χ4n) is 4.50. The van der Waals surface area contributed by atoms with E-state index in [0.29, 0.717) is 35.3 Å². The summed E-state index contributed by atoms with van der Waals surface area (Å²) in [4.78, 5) is 29.8. The fourth-order valence-corrected chi connectivity index (χ4v) is 6.15. The van der Waals surface area contributed by atoms with Gasteiger partial charge in [0, 0.05) is 28.6 Å². The monoisotopic (exact) mass is 493 g/mol. The lowest BCUT2D eigenvalue weighted by Gasteiger charge is -2.33. The van der Waals surface area contributed by atoms with Crippen LogP contribution in [-0.2, 0) is 16.2 Å². The summed E-state index contributed by atoms with van der Waals surface area (Å²) in [6, 6.07) is 20.4. The molecule has 34 heavy (non-hydrogen) atoms. The number of hydrogen-bond acceptors (Lipinski definition) is 4. The SMILES string of the molecule is COc1ccc2c(c1)C1(SCCN1C(=O)Nc1ccc(C)cc1)C(=O)N2Cc1ccccc1Cl. The van der Waals surface area contributed by atoms with Crippen LogP contribution in [-0.4, -0.2) is 36.2 Å². The Hall–Kier alpha value is -3.16. The highest BCUT2D eigenvalue weighted by molar-refractivity contribution is 8.01. The number of fused-ring (bicyclic) bond motifs is 2. The van der Waals surface area contributed by atoms with Crippen molar-refractivity contribution in [2.24, 2.45) is 0 Å². The number of halogens is 1. The first-order valence-corrected chi connectivity index (χ1v) is 12.3. The smallest absolute Gasteiger partial charge is 0.323 e. The van der Waals surface area contributed by atoms with Crippen molar-refractivity contribution in [2.75, 3.05) is 29.6 Å². The van der Waals surface area contributed by atoms with Gasteiger partial charge in [-0.25, -0.2) is 4.79 Å². The van der Waals surface area contributed by atoms with Gasteiger partial charge in [-0.15, -0.1) is 11.8 Å². The number of ether oxygens (including phenoxy) is 1. The van der Waals surface area contributed by atoms with E-state index in [1.807, 2.05) is 73.7 Å². The number of nitrogens with zero attached hydrogens (tertiary/aromatic N) is 2. The zero-order valence-corrected chi connectivity index (χ0v) is 20.4. The second-order valence-electron chi connectivity index (χ2n) is 8.31. The number of carbonyl (C=O) groups is 2. The van der Waals surface area contributed by atoms with E-state index in [1.165, 1.54) is 11.8 Å². The molecule has 1 spiro atoms. The molecule has 2 aliphatic rings. The molecule has 3 amide bonds. The minimum Gasteiger partial charge on any atom is -0.497 e. The van der Waals surface area contributed by atoms with Gasteiger partial charge in [-0.1, -0.05) is 47.5 Å². The molecule has 174 valence electrons. The largest absolute Gasteiger partial charge is 0.497 e. The summed E-state index contributed by atoms with van der Waals surface area (Å²) < 4.78 is 5.47. The minimum absolute atomic E-state index is 0.155. The highest BCUT2D eigenvalue weighted by Gasteiger charge is 2.59.